The van der Waals surface area contributed by atoms with E-state index in [1.807, 2.05) is 6.07 Å². The molecule has 0 atom stereocenters. The molecule has 1 heterocycles. The van der Waals surface area contributed by atoms with Gasteiger partial charge in [0.05, 0.1) is 41.5 Å². The van der Waals surface area contributed by atoms with Gasteiger partial charge < -0.3 is 15.4 Å². The first-order valence-electron chi connectivity index (χ1n) is 7.01. The Morgan fingerprint density at radius 2 is 2.24 bits per heavy atom. The maximum Gasteiger partial charge on any atom is 0.226 e. The van der Waals surface area contributed by atoms with Crippen LogP contribution in [-0.2, 0) is 9.53 Å². The van der Waals surface area contributed by atoms with Crippen LogP contribution < -0.4 is 10.6 Å². The fourth-order valence-corrected chi connectivity index (χ4v) is 2.35. The highest BCUT2D eigenvalue weighted by Crippen LogP contribution is 2.22. The van der Waals surface area contributed by atoms with Crippen LogP contribution in [0.15, 0.2) is 18.2 Å². The smallest absolute Gasteiger partial charge is 0.226 e. The molecule has 1 aromatic carbocycles. The molecule has 0 bridgehead atoms. The molecule has 1 aliphatic heterocycles. The molecule has 0 spiro atoms. The number of hydrogen-bond donors (Lipinski definition) is 2. The Hall–Kier alpha value is -1.61. The van der Waals surface area contributed by atoms with Crippen molar-refractivity contribution in [3.8, 4) is 6.07 Å². The van der Waals surface area contributed by atoms with E-state index >= 15 is 0 Å². The van der Waals surface area contributed by atoms with E-state index in [0.717, 1.165) is 25.9 Å². The van der Waals surface area contributed by atoms with Gasteiger partial charge in [-0.1, -0.05) is 11.6 Å². The highest BCUT2D eigenvalue weighted by molar-refractivity contribution is 6.33. The van der Waals surface area contributed by atoms with Crippen LogP contribution in [0.4, 0.5) is 5.69 Å². The van der Waals surface area contributed by atoms with E-state index in [1.165, 1.54) is 0 Å². The number of nitriles is 1. The lowest BCUT2D eigenvalue weighted by Crippen LogP contribution is -2.33. The van der Waals surface area contributed by atoms with E-state index in [4.69, 9.17) is 21.6 Å². The zero-order valence-electron chi connectivity index (χ0n) is 11.7. The number of piperidine rings is 1. The SMILES string of the molecule is N#Cc1ccc(Cl)c(NC(=O)CCOC2CCNCC2)c1. The van der Waals surface area contributed by atoms with E-state index in [-0.39, 0.29) is 18.4 Å². The molecule has 0 aliphatic carbocycles. The maximum absolute atomic E-state index is 11.9. The van der Waals surface area contributed by atoms with Crippen molar-refractivity contribution in [2.24, 2.45) is 0 Å². The van der Waals surface area contributed by atoms with Gasteiger partial charge in [0.2, 0.25) is 5.91 Å². The van der Waals surface area contributed by atoms with Crippen molar-refractivity contribution in [2.45, 2.75) is 25.4 Å². The molecule has 112 valence electrons. The number of nitrogens with one attached hydrogen (secondary N) is 2. The van der Waals surface area contributed by atoms with Crippen molar-refractivity contribution in [1.29, 1.82) is 5.26 Å². The Balaban J connectivity index is 1.77. The number of benzene rings is 1. The molecule has 0 radical (unpaired) electrons. The van der Waals surface area contributed by atoms with Crippen molar-refractivity contribution >= 4 is 23.2 Å². The first kappa shape index (κ1) is 15.8. The number of rotatable bonds is 5. The predicted octanol–water partition coefficient (Wildman–Crippen LogP) is 2.31. The molecule has 1 saturated heterocycles. The molecule has 0 aromatic heterocycles. The first-order chi connectivity index (χ1) is 10.2. The zero-order valence-corrected chi connectivity index (χ0v) is 12.4. The molecule has 5 nitrogen and oxygen atoms in total. The van der Waals surface area contributed by atoms with Crippen LogP contribution >= 0.6 is 11.6 Å². The van der Waals surface area contributed by atoms with Crippen molar-refractivity contribution in [3.63, 3.8) is 0 Å². The standard InChI is InChI=1S/C15H18ClN3O2/c16-13-2-1-11(10-17)9-14(13)19-15(20)5-8-21-12-3-6-18-7-4-12/h1-2,9,12,18H,3-8H2,(H,19,20). The molecule has 0 saturated carbocycles. The summed E-state index contributed by atoms with van der Waals surface area (Å²) in [7, 11) is 0. The van der Waals surface area contributed by atoms with Crippen LogP contribution in [0.2, 0.25) is 5.02 Å². The van der Waals surface area contributed by atoms with Gasteiger partial charge in [0, 0.05) is 0 Å². The van der Waals surface area contributed by atoms with E-state index in [1.54, 1.807) is 18.2 Å². The lowest BCUT2D eigenvalue weighted by atomic mass is 10.1. The van der Waals surface area contributed by atoms with Gasteiger partial charge in [-0.05, 0) is 44.1 Å². The Bertz CT molecular complexity index is 536. The van der Waals surface area contributed by atoms with E-state index in [9.17, 15) is 4.79 Å². The fourth-order valence-electron chi connectivity index (χ4n) is 2.18. The Morgan fingerprint density at radius 3 is 2.95 bits per heavy atom. The van der Waals surface area contributed by atoms with Crippen LogP contribution in [-0.4, -0.2) is 31.7 Å². The maximum atomic E-state index is 11.9. The third-order valence-electron chi connectivity index (χ3n) is 3.34. The van der Waals surface area contributed by atoms with Gasteiger partial charge in [-0.2, -0.15) is 5.26 Å². The highest BCUT2D eigenvalue weighted by atomic mass is 35.5. The Kier molecular flexibility index (Phi) is 6.00. The summed E-state index contributed by atoms with van der Waals surface area (Å²) < 4.78 is 5.68. The van der Waals surface area contributed by atoms with E-state index in [2.05, 4.69) is 10.6 Å². The quantitative estimate of drug-likeness (QED) is 0.875. The molecule has 6 heteroatoms. The van der Waals surface area contributed by atoms with Gasteiger partial charge in [0.25, 0.3) is 0 Å². The highest BCUT2D eigenvalue weighted by Gasteiger charge is 2.14. The van der Waals surface area contributed by atoms with Crippen molar-refractivity contribution in [3.05, 3.63) is 28.8 Å². The third kappa shape index (κ3) is 5.01. The number of carbonyl (C=O) groups excluding carboxylic acids is 1. The topological polar surface area (TPSA) is 74.2 Å². The largest absolute Gasteiger partial charge is 0.378 e. The minimum atomic E-state index is -0.166. The molecule has 1 amide bonds. The lowest BCUT2D eigenvalue weighted by molar-refractivity contribution is -0.117. The number of ether oxygens (including phenoxy) is 1. The normalized spacial score (nSPS) is 15.4. The van der Waals surface area contributed by atoms with Crippen molar-refractivity contribution in [2.75, 3.05) is 25.0 Å². The third-order valence-corrected chi connectivity index (χ3v) is 3.67. The molecule has 0 unspecified atom stereocenters. The summed E-state index contributed by atoms with van der Waals surface area (Å²) in [5, 5.41) is 15.2. The molecular weight excluding hydrogens is 290 g/mol. The first-order valence-corrected chi connectivity index (χ1v) is 7.38. The summed E-state index contributed by atoms with van der Waals surface area (Å²) in [6.45, 7) is 2.33. The van der Waals surface area contributed by atoms with Gasteiger partial charge in [-0.25, -0.2) is 0 Å². The fraction of sp³-hybridized carbons (Fsp3) is 0.467. The van der Waals surface area contributed by atoms with E-state index < -0.39 is 0 Å². The number of anilines is 1. The second-order valence-corrected chi connectivity index (χ2v) is 5.33. The second kappa shape index (κ2) is 7.99. The van der Waals surface area contributed by atoms with Gasteiger partial charge >= 0.3 is 0 Å². The molecule has 1 aromatic rings. The van der Waals surface area contributed by atoms with Crippen LogP contribution in [0.25, 0.3) is 0 Å². The summed E-state index contributed by atoms with van der Waals surface area (Å²) >= 11 is 5.99. The van der Waals surface area contributed by atoms with E-state index in [0.29, 0.717) is 22.9 Å². The van der Waals surface area contributed by atoms with Gasteiger partial charge in [-0.15, -0.1) is 0 Å². The number of carbonyl (C=O) groups is 1. The molecule has 1 fully saturated rings. The average Bonchev–Trinajstić information content (AvgIpc) is 2.50. The monoisotopic (exact) mass is 307 g/mol. The average molecular weight is 308 g/mol. The zero-order chi connectivity index (χ0) is 15.1. The Morgan fingerprint density at radius 1 is 1.48 bits per heavy atom. The van der Waals surface area contributed by atoms with Crippen LogP contribution in [0.5, 0.6) is 0 Å². The molecular formula is C15H18ClN3O2. The number of hydrogen-bond acceptors (Lipinski definition) is 4. The predicted molar refractivity (Wildman–Crippen MR) is 81.3 cm³/mol. The number of amides is 1. The van der Waals surface area contributed by atoms with Crippen molar-refractivity contribution in [1.82, 2.24) is 5.32 Å². The minimum absolute atomic E-state index is 0.166. The van der Waals surface area contributed by atoms with Gasteiger partial charge in [0.15, 0.2) is 0 Å². The summed E-state index contributed by atoms with van der Waals surface area (Å²) in [5.74, 6) is -0.166. The van der Waals surface area contributed by atoms with Gasteiger partial charge in [-0.3, -0.25) is 4.79 Å². The number of halogens is 1. The second-order valence-electron chi connectivity index (χ2n) is 4.92. The number of nitrogens with zero attached hydrogens (tertiary/aromatic N) is 1. The minimum Gasteiger partial charge on any atom is -0.378 e. The summed E-state index contributed by atoms with van der Waals surface area (Å²) in [5.41, 5.74) is 0.920. The van der Waals surface area contributed by atoms with Crippen molar-refractivity contribution < 1.29 is 9.53 Å². The molecule has 21 heavy (non-hydrogen) atoms. The summed E-state index contributed by atoms with van der Waals surface area (Å²) in [6, 6.07) is 6.78. The Labute approximate surface area is 129 Å². The molecule has 2 N–H and O–H groups in total. The molecule has 2 rings (SSSR count). The molecule has 1 aliphatic rings. The van der Waals surface area contributed by atoms with Crippen LogP contribution in [0, 0.1) is 11.3 Å². The van der Waals surface area contributed by atoms with Crippen LogP contribution in [0.3, 0.4) is 0 Å². The summed E-state index contributed by atoms with van der Waals surface area (Å²) in [6.07, 6.45) is 2.48. The summed E-state index contributed by atoms with van der Waals surface area (Å²) in [4.78, 5) is 11.9. The van der Waals surface area contributed by atoms with Gasteiger partial charge in [0.1, 0.15) is 0 Å². The lowest BCUT2D eigenvalue weighted by Gasteiger charge is -2.22. The van der Waals surface area contributed by atoms with Crippen LogP contribution in [0.1, 0.15) is 24.8 Å².